The first-order valence-electron chi connectivity index (χ1n) is 5.21. The maximum absolute atomic E-state index is 5.30. The molecule has 1 heterocycles. The highest BCUT2D eigenvalue weighted by atomic mass is 28.3. The van der Waals surface area contributed by atoms with Crippen LogP contribution in [0, 0.1) is 0 Å². The molecule has 4 heteroatoms. The van der Waals surface area contributed by atoms with Crippen molar-refractivity contribution in [2.45, 2.75) is 32.7 Å². The van der Waals surface area contributed by atoms with Gasteiger partial charge in [0.15, 0.2) is 0 Å². The second kappa shape index (κ2) is 4.49. The van der Waals surface area contributed by atoms with Gasteiger partial charge >= 0.3 is 0 Å². The first-order valence-corrected chi connectivity index (χ1v) is 11.2. The third-order valence-corrected chi connectivity index (χ3v) is 5.89. The number of hydrogen-bond donors (Lipinski definition) is 0. The smallest absolute Gasteiger partial charge is 0.211 e. The SMILES string of the molecule is COc1ncc([Si](C)(C)C)cc1[Si](C)C. The van der Waals surface area contributed by atoms with Crippen LogP contribution in [0.4, 0.5) is 0 Å². The Hall–Kier alpha value is -0.616. The van der Waals surface area contributed by atoms with Crippen LogP contribution in [0.5, 0.6) is 5.88 Å². The Kier molecular flexibility index (Phi) is 3.73. The molecule has 0 saturated heterocycles. The first-order chi connectivity index (χ1) is 6.86. The Morgan fingerprint density at radius 1 is 1.27 bits per heavy atom. The lowest BCUT2D eigenvalue weighted by atomic mass is 10.5. The van der Waals surface area contributed by atoms with Gasteiger partial charge in [0.05, 0.1) is 24.0 Å². The fourth-order valence-corrected chi connectivity index (χ4v) is 3.60. The van der Waals surface area contributed by atoms with Crippen LogP contribution in [0.2, 0.25) is 32.7 Å². The fraction of sp³-hybridized carbons (Fsp3) is 0.545. The number of methoxy groups -OCH3 is 1. The lowest BCUT2D eigenvalue weighted by Gasteiger charge is -2.19. The summed E-state index contributed by atoms with van der Waals surface area (Å²) < 4.78 is 5.30. The van der Waals surface area contributed by atoms with Gasteiger partial charge in [-0.1, -0.05) is 38.8 Å². The predicted octanol–water partition coefficient (Wildman–Crippen LogP) is 1.60. The fourth-order valence-electron chi connectivity index (χ4n) is 1.38. The van der Waals surface area contributed by atoms with Crippen LogP contribution in [-0.4, -0.2) is 29.0 Å². The van der Waals surface area contributed by atoms with E-state index >= 15 is 0 Å². The van der Waals surface area contributed by atoms with Crippen LogP contribution < -0.4 is 15.1 Å². The van der Waals surface area contributed by atoms with E-state index in [1.807, 2.05) is 6.20 Å². The Morgan fingerprint density at radius 2 is 1.87 bits per heavy atom. The van der Waals surface area contributed by atoms with Crippen molar-refractivity contribution in [1.82, 2.24) is 4.98 Å². The average molecular weight is 238 g/mol. The summed E-state index contributed by atoms with van der Waals surface area (Å²) >= 11 is 0. The summed E-state index contributed by atoms with van der Waals surface area (Å²) in [5.74, 6) is 0.816. The van der Waals surface area contributed by atoms with Crippen molar-refractivity contribution in [3.05, 3.63) is 12.3 Å². The molecule has 0 amide bonds. The predicted molar refractivity (Wildman–Crippen MR) is 70.9 cm³/mol. The Bertz CT molecular complexity index is 345. The van der Waals surface area contributed by atoms with Crippen molar-refractivity contribution < 1.29 is 4.74 Å². The number of nitrogens with zero attached hydrogens (tertiary/aromatic N) is 1. The van der Waals surface area contributed by atoms with E-state index in [2.05, 4.69) is 43.8 Å². The van der Waals surface area contributed by atoms with E-state index in [-0.39, 0.29) is 0 Å². The molecule has 0 fully saturated rings. The molecule has 0 unspecified atom stereocenters. The molecule has 2 nitrogen and oxygen atoms in total. The molecule has 1 radical (unpaired) electrons. The van der Waals surface area contributed by atoms with Gasteiger partial charge in [-0.15, -0.1) is 0 Å². The van der Waals surface area contributed by atoms with Crippen LogP contribution in [0.15, 0.2) is 12.3 Å². The lowest BCUT2D eigenvalue weighted by Crippen LogP contribution is -2.41. The summed E-state index contributed by atoms with van der Waals surface area (Å²) in [5, 5.41) is 2.74. The summed E-state index contributed by atoms with van der Waals surface area (Å²) in [6.07, 6.45) is 1.99. The van der Waals surface area contributed by atoms with Gasteiger partial charge in [-0.3, -0.25) is 0 Å². The quantitative estimate of drug-likeness (QED) is 0.746. The Morgan fingerprint density at radius 3 is 2.27 bits per heavy atom. The molecule has 0 N–H and O–H groups in total. The van der Waals surface area contributed by atoms with E-state index in [0.717, 1.165) is 5.88 Å². The molecular weight excluding hydrogens is 218 g/mol. The lowest BCUT2D eigenvalue weighted by molar-refractivity contribution is 0.401. The average Bonchev–Trinajstić information content (AvgIpc) is 2.15. The maximum Gasteiger partial charge on any atom is 0.211 e. The minimum absolute atomic E-state index is 0.501. The largest absolute Gasteiger partial charge is 0.481 e. The molecule has 0 saturated carbocycles. The number of rotatable bonds is 3. The van der Waals surface area contributed by atoms with Crippen molar-refractivity contribution in [2.24, 2.45) is 0 Å². The van der Waals surface area contributed by atoms with Crippen molar-refractivity contribution in [1.29, 1.82) is 0 Å². The molecule has 15 heavy (non-hydrogen) atoms. The zero-order chi connectivity index (χ0) is 11.6. The van der Waals surface area contributed by atoms with Crippen molar-refractivity contribution in [2.75, 3.05) is 7.11 Å². The van der Waals surface area contributed by atoms with Gasteiger partial charge in [0.1, 0.15) is 0 Å². The molecule has 0 bridgehead atoms. The zero-order valence-electron chi connectivity index (χ0n) is 10.5. The van der Waals surface area contributed by atoms with Gasteiger partial charge < -0.3 is 4.74 Å². The van der Waals surface area contributed by atoms with Crippen LogP contribution >= 0.6 is 0 Å². The Balaban J connectivity index is 3.22. The van der Waals surface area contributed by atoms with E-state index in [4.69, 9.17) is 4.74 Å². The maximum atomic E-state index is 5.30. The van der Waals surface area contributed by atoms with E-state index in [0.29, 0.717) is 0 Å². The summed E-state index contributed by atoms with van der Waals surface area (Å²) in [5.41, 5.74) is 0. The van der Waals surface area contributed by atoms with Crippen LogP contribution in [0.25, 0.3) is 0 Å². The first kappa shape index (κ1) is 12.5. The highest BCUT2D eigenvalue weighted by Crippen LogP contribution is 2.06. The second-order valence-corrected chi connectivity index (χ2v) is 12.6. The molecule has 0 aliphatic heterocycles. The van der Waals surface area contributed by atoms with Crippen molar-refractivity contribution in [3.63, 3.8) is 0 Å². The summed E-state index contributed by atoms with van der Waals surface area (Å²) in [6, 6.07) is 2.31. The van der Waals surface area contributed by atoms with Gasteiger partial charge in [0.2, 0.25) is 5.88 Å². The van der Waals surface area contributed by atoms with E-state index in [9.17, 15) is 0 Å². The van der Waals surface area contributed by atoms with Crippen molar-refractivity contribution in [3.8, 4) is 5.88 Å². The zero-order valence-corrected chi connectivity index (χ0v) is 12.5. The molecule has 1 aromatic heterocycles. The van der Waals surface area contributed by atoms with Crippen LogP contribution in [0.1, 0.15) is 0 Å². The van der Waals surface area contributed by atoms with E-state index < -0.39 is 16.9 Å². The molecular formula is C11H20NOSi2. The molecule has 83 valence electrons. The van der Waals surface area contributed by atoms with Crippen LogP contribution in [-0.2, 0) is 0 Å². The standard InChI is InChI=1S/C11H20NOSi2/c1-13-11-10(14(2)3)7-9(8-12-11)15(4,5)6/h7-8H,1-6H3. The highest BCUT2D eigenvalue weighted by Gasteiger charge is 2.20. The number of hydrogen-bond acceptors (Lipinski definition) is 2. The summed E-state index contributed by atoms with van der Waals surface area (Å²) in [7, 11) is -0.0497. The summed E-state index contributed by atoms with van der Waals surface area (Å²) in [6.45, 7) is 11.6. The third kappa shape index (κ3) is 2.92. The van der Waals surface area contributed by atoms with Gasteiger partial charge in [0.25, 0.3) is 0 Å². The summed E-state index contributed by atoms with van der Waals surface area (Å²) in [4.78, 5) is 4.42. The van der Waals surface area contributed by atoms with Gasteiger partial charge in [0, 0.05) is 6.20 Å². The normalized spacial score (nSPS) is 11.9. The monoisotopic (exact) mass is 238 g/mol. The molecule has 0 spiro atoms. The minimum Gasteiger partial charge on any atom is -0.481 e. The van der Waals surface area contributed by atoms with Crippen molar-refractivity contribution >= 4 is 27.2 Å². The number of aromatic nitrogens is 1. The number of pyridine rings is 1. The third-order valence-electron chi connectivity index (χ3n) is 2.45. The molecule has 1 aromatic rings. The highest BCUT2D eigenvalue weighted by molar-refractivity contribution is 6.89. The van der Waals surface area contributed by atoms with Gasteiger partial charge in [-0.25, -0.2) is 4.98 Å². The number of ether oxygens (including phenoxy) is 1. The minimum atomic E-state index is -1.25. The second-order valence-electron chi connectivity index (χ2n) is 5.03. The van der Waals surface area contributed by atoms with E-state index in [1.54, 1.807) is 7.11 Å². The molecule has 1 rings (SSSR count). The van der Waals surface area contributed by atoms with Gasteiger partial charge in [-0.2, -0.15) is 0 Å². The molecule has 0 aromatic carbocycles. The molecule has 0 aliphatic carbocycles. The molecule has 0 atom stereocenters. The topological polar surface area (TPSA) is 22.1 Å². The van der Waals surface area contributed by atoms with Crippen LogP contribution in [0.3, 0.4) is 0 Å². The molecule has 0 aliphatic rings. The van der Waals surface area contributed by atoms with E-state index in [1.165, 1.54) is 10.4 Å². The van der Waals surface area contributed by atoms with Gasteiger partial charge in [-0.05, 0) is 10.4 Å². The Labute approximate surface area is 95.3 Å².